The van der Waals surface area contributed by atoms with Crippen LogP contribution in [0.25, 0.3) is 0 Å². The van der Waals surface area contributed by atoms with Gasteiger partial charge in [0, 0.05) is 20.0 Å². The molecule has 17 heavy (non-hydrogen) atoms. The van der Waals surface area contributed by atoms with Crippen LogP contribution in [0.3, 0.4) is 0 Å². The number of piperidine rings is 1. The van der Waals surface area contributed by atoms with E-state index in [1.165, 1.54) is 13.3 Å². The molecule has 0 atom stereocenters. The van der Waals surface area contributed by atoms with E-state index in [0.717, 1.165) is 25.9 Å². The van der Waals surface area contributed by atoms with Crippen LogP contribution in [0, 0.1) is 0 Å². The van der Waals surface area contributed by atoms with Crippen molar-refractivity contribution in [1.82, 2.24) is 4.90 Å². The van der Waals surface area contributed by atoms with Gasteiger partial charge in [0.25, 0.3) is 0 Å². The van der Waals surface area contributed by atoms with Crippen molar-refractivity contribution in [1.29, 1.82) is 0 Å². The molecule has 2 N–H and O–H groups in total. The molecule has 5 heteroatoms. The van der Waals surface area contributed by atoms with Gasteiger partial charge in [-0.15, -0.1) is 0 Å². The van der Waals surface area contributed by atoms with Gasteiger partial charge in [-0.05, 0) is 40.0 Å². The molecule has 1 heterocycles. The number of likely N-dealkylation sites (tertiary alicyclic amines) is 1. The molecule has 1 fully saturated rings. The molecule has 0 aromatic heterocycles. The summed E-state index contributed by atoms with van der Waals surface area (Å²) >= 11 is 0. The van der Waals surface area contributed by atoms with E-state index in [-0.39, 0.29) is 17.6 Å². The lowest BCUT2D eigenvalue weighted by atomic mass is 10.1. The number of primary amides is 1. The molecule has 1 saturated heterocycles. The maximum absolute atomic E-state index is 11.5. The zero-order valence-corrected chi connectivity index (χ0v) is 11.3. The number of carbonyl (C=O) groups excluding carboxylic acids is 2. The Balaban J connectivity index is 0.000000557. The molecule has 0 spiro atoms. The first-order valence-electron chi connectivity index (χ1n) is 5.96. The number of hydrogen-bond donors (Lipinski definition) is 1. The number of nitrogens with zero attached hydrogens (tertiary/aromatic N) is 1. The van der Waals surface area contributed by atoms with Crippen molar-refractivity contribution in [2.45, 2.75) is 52.6 Å². The minimum Gasteiger partial charge on any atom is -0.444 e. The van der Waals surface area contributed by atoms with Crippen LogP contribution in [0.4, 0.5) is 4.79 Å². The maximum Gasteiger partial charge on any atom is 0.410 e. The third kappa shape index (κ3) is 9.66. The average Bonchev–Trinajstić information content (AvgIpc) is 2.15. The van der Waals surface area contributed by atoms with Crippen LogP contribution in [0.15, 0.2) is 0 Å². The third-order valence-electron chi connectivity index (χ3n) is 2.01. The quantitative estimate of drug-likeness (QED) is 0.707. The summed E-state index contributed by atoms with van der Waals surface area (Å²) in [6, 6.07) is 0. The van der Waals surface area contributed by atoms with Gasteiger partial charge in [0.1, 0.15) is 5.60 Å². The number of hydrogen-bond acceptors (Lipinski definition) is 3. The summed E-state index contributed by atoms with van der Waals surface area (Å²) < 4.78 is 5.26. The van der Waals surface area contributed by atoms with Crippen LogP contribution in [0.1, 0.15) is 47.0 Å². The lowest BCUT2D eigenvalue weighted by Gasteiger charge is -2.29. The van der Waals surface area contributed by atoms with Crippen molar-refractivity contribution in [2.24, 2.45) is 5.73 Å². The van der Waals surface area contributed by atoms with E-state index in [2.05, 4.69) is 5.73 Å². The van der Waals surface area contributed by atoms with Gasteiger partial charge in [0.15, 0.2) is 0 Å². The van der Waals surface area contributed by atoms with Crippen LogP contribution >= 0.6 is 0 Å². The molecular weight excluding hydrogens is 220 g/mol. The zero-order valence-electron chi connectivity index (χ0n) is 11.3. The second-order valence-corrected chi connectivity index (χ2v) is 5.14. The summed E-state index contributed by atoms with van der Waals surface area (Å²) in [5.74, 6) is -0.333. The first kappa shape index (κ1) is 15.7. The summed E-state index contributed by atoms with van der Waals surface area (Å²) in [5, 5.41) is 0. The van der Waals surface area contributed by atoms with Gasteiger partial charge in [-0.25, -0.2) is 4.79 Å². The molecule has 0 aromatic carbocycles. The number of ether oxygens (including phenoxy) is 1. The first-order valence-corrected chi connectivity index (χ1v) is 5.96. The number of amides is 2. The molecule has 5 nitrogen and oxygen atoms in total. The Morgan fingerprint density at radius 3 is 1.88 bits per heavy atom. The van der Waals surface area contributed by atoms with E-state index in [1.807, 2.05) is 20.8 Å². The number of rotatable bonds is 0. The number of nitrogens with two attached hydrogens (primary N) is 1. The van der Waals surface area contributed by atoms with Crippen molar-refractivity contribution in [3.8, 4) is 0 Å². The van der Waals surface area contributed by atoms with E-state index in [0.29, 0.717) is 0 Å². The fraction of sp³-hybridized carbons (Fsp3) is 0.833. The number of carbonyl (C=O) groups is 2. The van der Waals surface area contributed by atoms with Crippen molar-refractivity contribution in [3.05, 3.63) is 0 Å². The molecule has 0 bridgehead atoms. The molecule has 0 saturated carbocycles. The highest BCUT2D eigenvalue weighted by molar-refractivity contribution is 5.70. The summed E-state index contributed by atoms with van der Waals surface area (Å²) in [7, 11) is 0. The van der Waals surface area contributed by atoms with E-state index in [1.54, 1.807) is 4.90 Å². The smallest absolute Gasteiger partial charge is 0.410 e. The standard InChI is InChI=1S/C10H19NO2.C2H5NO/c1-10(2,3)13-9(12)11-7-5-4-6-8-11;1-2(3)4/h4-8H2,1-3H3;1H3,(H2,3,4). The van der Waals surface area contributed by atoms with Gasteiger partial charge in [0.05, 0.1) is 0 Å². The molecule has 1 aliphatic heterocycles. The van der Waals surface area contributed by atoms with E-state index in [9.17, 15) is 9.59 Å². The van der Waals surface area contributed by atoms with Gasteiger partial charge < -0.3 is 15.4 Å². The Labute approximate surface area is 103 Å². The largest absolute Gasteiger partial charge is 0.444 e. The van der Waals surface area contributed by atoms with Gasteiger partial charge >= 0.3 is 6.09 Å². The van der Waals surface area contributed by atoms with Gasteiger partial charge in [-0.2, -0.15) is 0 Å². The van der Waals surface area contributed by atoms with Crippen LogP contribution < -0.4 is 5.73 Å². The highest BCUT2D eigenvalue weighted by Crippen LogP contribution is 2.14. The monoisotopic (exact) mass is 244 g/mol. The summed E-state index contributed by atoms with van der Waals surface area (Å²) in [6.45, 7) is 8.71. The molecular formula is C12H24N2O3. The Kier molecular flexibility index (Phi) is 6.61. The third-order valence-corrected chi connectivity index (χ3v) is 2.01. The molecule has 0 aliphatic carbocycles. The highest BCUT2D eigenvalue weighted by atomic mass is 16.6. The lowest BCUT2D eigenvalue weighted by Crippen LogP contribution is -2.39. The molecule has 100 valence electrons. The molecule has 1 rings (SSSR count). The average molecular weight is 244 g/mol. The van der Waals surface area contributed by atoms with E-state index < -0.39 is 0 Å². The predicted octanol–water partition coefficient (Wildman–Crippen LogP) is 1.90. The summed E-state index contributed by atoms with van der Waals surface area (Å²) in [4.78, 5) is 22.5. The Hall–Kier alpha value is -1.26. The zero-order chi connectivity index (χ0) is 13.5. The molecule has 1 aliphatic rings. The maximum atomic E-state index is 11.5. The summed E-state index contributed by atoms with van der Waals surface area (Å²) in [5.41, 5.74) is 4.11. The molecule has 0 unspecified atom stereocenters. The molecule has 2 amide bonds. The Bertz CT molecular complexity index is 249. The van der Waals surface area contributed by atoms with Gasteiger partial charge in [0.2, 0.25) is 5.91 Å². The van der Waals surface area contributed by atoms with Crippen LogP contribution in [-0.2, 0) is 9.53 Å². The van der Waals surface area contributed by atoms with Gasteiger partial charge in [-0.1, -0.05) is 0 Å². The molecule has 0 aromatic rings. The van der Waals surface area contributed by atoms with E-state index >= 15 is 0 Å². The highest BCUT2D eigenvalue weighted by Gasteiger charge is 2.22. The minimum atomic E-state index is -0.367. The second kappa shape index (κ2) is 7.14. The van der Waals surface area contributed by atoms with Crippen LogP contribution in [0.5, 0.6) is 0 Å². The second-order valence-electron chi connectivity index (χ2n) is 5.14. The van der Waals surface area contributed by atoms with E-state index in [4.69, 9.17) is 4.74 Å². The van der Waals surface area contributed by atoms with Crippen molar-refractivity contribution in [2.75, 3.05) is 13.1 Å². The summed E-state index contributed by atoms with van der Waals surface area (Å²) in [6.07, 6.45) is 3.30. The first-order chi connectivity index (χ1) is 7.72. The normalized spacial score (nSPS) is 15.6. The van der Waals surface area contributed by atoms with Crippen LogP contribution in [0.2, 0.25) is 0 Å². The minimum absolute atomic E-state index is 0.160. The Morgan fingerprint density at radius 2 is 1.53 bits per heavy atom. The molecule has 0 radical (unpaired) electrons. The van der Waals surface area contributed by atoms with Crippen molar-refractivity contribution >= 4 is 12.0 Å². The van der Waals surface area contributed by atoms with Crippen molar-refractivity contribution < 1.29 is 14.3 Å². The Morgan fingerprint density at radius 1 is 1.12 bits per heavy atom. The SMILES string of the molecule is CC(C)(C)OC(=O)N1CCCCC1.CC(N)=O. The van der Waals surface area contributed by atoms with Crippen molar-refractivity contribution in [3.63, 3.8) is 0 Å². The fourth-order valence-corrected chi connectivity index (χ4v) is 1.40. The fourth-order valence-electron chi connectivity index (χ4n) is 1.40. The topological polar surface area (TPSA) is 72.6 Å². The van der Waals surface area contributed by atoms with Crippen LogP contribution in [-0.4, -0.2) is 35.6 Å². The predicted molar refractivity (Wildman–Crippen MR) is 66.5 cm³/mol. The lowest BCUT2D eigenvalue weighted by molar-refractivity contribution is -0.115. The van der Waals surface area contributed by atoms with Gasteiger partial charge in [-0.3, -0.25) is 4.79 Å².